The van der Waals surface area contributed by atoms with Gasteiger partial charge in [-0.25, -0.2) is 4.57 Å². The van der Waals surface area contributed by atoms with E-state index in [1.54, 1.807) is 12.2 Å². The molecule has 0 aliphatic rings. The second kappa shape index (κ2) is 25.2. The Morgan fingerprint density at radius 3 is 1.95 bits per heavy atom. The first-order valence-corrected chi connectivity index (χ1v) is 16.1. The molecule has 226 valence electrons. The van der Waals surface area contributed by atoms with E-state index in [-0.39, 0.29) is 25.2 Å². The first-order valence-electron chi connectivity index (χ1n) is 14.6. The lowest BCUT2D eigenvalue weighted by Gasteiger charge is -2.18. The third-order valence-corrected chi connectivity index (χ3v) is 6.43. The van der Waals surface area contributed by atoms with Crippen LogP contribution >= 0.6 is 7.82 Å². The average Bonchev–Trinajstić information content (AvgIpc) is 2.88. The van der Waals surface area contributed by atoms with Gasteiger partial charge in [0.15, 0.2) is 11.9 Å². The lowest BCUT2D eigenvalue weighted by atomic mass is 10.1. The smallest absolute Gasteiger partial charge is 0.462 e. The molecular weight excluding hydrogens is 523 g/mol. The summed E-state index contributed by atoms with van der Waals surface area (Å²) in [5.74, 6) is -0.796. The first-order chi connectivity index (χ1) is 18.7. The zero-order chi connectivity index (χ0) is 29.2. The van der Waals surface area contributed by atoms with Crippen molar-refractivity contribution in [3.63, 3.8) is 0 Å². The van der Waals surface area contributed by atoms with Crippen LogP contribution in [-0.4, -0.2) is 46.8 Å². The van der Waals surface area contributed by atoms with Crippen LogP contribution in [0.4, 0.5) is 0 Å². The van der Waals surface area contributed by atoms with Gasteiger partial charge >= 0.3 is 19.8 Å². The molecule has 0 unspecified atom stereocenters. The highest BCUT2D eigenvalue weighted by Crippen LogP contribution is 2.35. The van der Waals surface area contributed by atoms with E-state index < -0.39 is 32.5 Å². The van der Waals surface area contributed by atoms with E-state index in [1.165, 1.54) is 0 Å². The van der Waals surface area contributed by atoms with Gasteiger partial charge in [0.25, 0.3) is 0 Å². The van der Waals surface area contributed by atoms with E-state index in [9.17, 15) is 18.9 Å². The maximum Gasteiger partial charge on any atom is 0.469 e. The van der Waals surface area contributed by atoms with Gasteiger partial charge in [0.05, 0.1) is 6.61 Å². The van der Waals surface area contributed by atoms with Crippen LogP contribution in [0.25, 0.3) is 0 Å². The first kappa shape index (κ1) is 37.2. The molecule has 0 spiro atoms. The van der Waals surface area contributed by atoms with Crippen molar-refractivity contribution in [2.24, 2.45) is 0 Å². The van der Waals surface area contributed by atoms with E-state index in [2.05, 4.69) is 18.4 Å². The molecule has 0 aliphatic carbocycles. The summed E-state index contributed by atoms with van der Waals surface area (Å²) in [4.78, 5) is 53.7. The minimum absolute atomic E-state index is 0.161. The molecule has 0 saturated carbocycles. The molecule has 0 amide bonds. The van der Waals surface area contributed by atoms with Crippen molar-refractivity contribution >= 4 is 25.5 Å². The molecule has 2 N–H and O–H groups in total. The van der Waals surface area contributed by atoms with E-state index >= 15 is 0 Å². The largest absolute Gasteiger partial charge is 0.469 e. The van der Waals surface area contributed by atoms with Crippen molar-refractivity contribution in [2.45, 2.75) is 129 Å². The molecule has 39 heavy (non-hydrogen) atoms. The third-order valence-electron chi connectivity index (χ3n) is 5.95. The number of allylic oxidation sites excluding steroid dienone is 4. The molecular formula is C29H51O9P. The summed E-state index contributed by atoms with van der Waals surface area (Å²) in [6.07, 6.45) is 20.8. The van der Waals surface area contributed by atoms with Crippen LogP contribution in [0.1, 0.15) is 123 Å². The molecule has 0 aromatic carbocycles. The molecule has 0 fully saturated rings. The maximum absolute atomic E-state index is 12.2. The molecule has 0 rings (SSSR count). The minimum atomic E-state index is -4.75. The van der Waals surface area contributed by atoms with Gasteiger partial charge in [-0.2, -0.15) is 0 Å². The zero-order valence-electron chi connectivity index (χ0n) is 24.0. The summed E-state index contributed by atoms with van der Waals surface area (Å²) >= 11 is 0. The summed E-state index contributed by atoms with van der Waals surface area (Å²) in [5, 5.41) is 0. The van der Waals surface area contributed by atoms with Gasteiger partial charge in [-0.3, -0.25) is 18.9 Å². The van der Waals surface area contributed by atoms with Gasteiger partial charge in [0.2, 0.25) is 0 Å². The quantitative estimate of drug-likeness (QED) is 0.0371. The van der Waals surface area contributed by atoms with Crippen LogP contribution in [0, 0.1) is 0 Å². The summed E-state index contributed by atoms with van der Waals surface area (Å²) < 4.78 is 25.9. The number of phosphoric acid groups is 1. The predicted molar refractivity (Wildman–Crippen MR) is 152 cm³/mol. The predicted octanol–water partition coefficient (Wildman–Crippen LogP) is 6.90. The normalized spacial score (nSPS) is 12.7. The lowest BCUT2D eigenvalue weighted by Crippen LogP contribution is -2.29. The standard InChI is InChI=1S/C29H51O9P/c1-3-5-7-13-18-22-28(31)36-24-27(25-37-39(33,34)35)38-29(32)23-19-15-12-10-8-9-11-14-17-21-26(30)20-16-6-4-2/h11,14,17,21,27H,3-10,12-13,15-16,18-20,22-25H2,1-2H3,(H2,33,34,35)/b14-11-,21-17+/t27-/m1/s1. The Hall–Kier alpha value is -1.80. The Bertz CT molecular complexity index is 758. The summed E-state index contributed by atoms with van der Waals surface area (Å²) in [6, 6.07) is 0. The van der Waals surface area contributed by atoms with E-state index in [0.717, 1.165) is 77.0 Å². The highest BCUT2D eigenvalue weighted by molar-refractivity contribution is 7.46. The van der Waals surface area contributed by atoms with E-state index in [1.807, 2.05) is 12.2 Å². The number of unbranched alkanes of at least 4 members (excludes halogenated alkanes) is 11. The molecule has 0 aliphatic heterocycles. The molecule has 0 heterocycles. The van der Waals surface area contributed by atoms with Gasteiger partial charge < -0.3 is 19.3 Å². The van der Waals surface area contributed by atoms with Crippen LogP contribution in [0.2, 0.25) is 0 Å². The Balaban J connectivity index is 4.10. The summed E-state index contributed by atoms with van der Waals surface area (Å²) in [7, 11) is -4.75. The Labute approximate surface area is 235 Å². The number of phosphoric ester groups is 1. The summed E-state index contributed by atoms with van der Waals surface area (Å²) in [6.45, 7) is 3.35. The second-order valence-electron chi connectivity index (χ2n) is 9.76. The number of ether oxygens (including phenoxy) is 2. The van der Waals surface area contributed by atoms with Gasteiger partial charge in [-0.15, -0.1) is 0 Å². The number of hydrogen-bond donors (Lipinski definition) is 2. The fourth-order valence-electron chi connectivity index (χ4n) is 3.70. The molecule has 0 aromatic heterocycles. The Morgan fingerprint density at radius 1 is 0.718 bits per heavy atom. The van der Waals surface area contributed by atoms with Crippen LogP contribution in [0.15, 0.2) is 24.3 Å². The zero-order valence-corrected chi connectivity index (χ0v) is 24.9. The Kier molecular flexibility index (Phi) is 24.0. The molecule has 0 bridgehead atoms. The number of rotatable bonds is 26. The number of carbonyl (C=O) groups is 3. The van der Waals surface area contributed by atoms with Gasteiger partial charge in [0, 0.05) is 19.3 Å². The number of carbonyl (C=O) groups excluding carboxylic acids is 3. The average molecular weight is 575 g/mol. The minimum Gasteiger partial charge on any atom is -0.462 e. The fraction of sp³-hybridized carbons (Fsp3) is 0.759. The Morgan fingerprint density at radius 2 is 1.28 bits per heavy atom. The number of hydrogen-bond acceptors (Lipinski definition) is 7. The van der Waals surface area contributed by atoms with Crippen molar-refractivity contribution in [2.75, 3.05) is 13.2 Å². The maximum atomic E-state index is 12.2. The highest BCUT2D eigenvalue weighted by Gasteiger charge is 2.22. The van der Waals surface area contributed by atoms with Crippen molar-refractivity contribution in [1.82, 2.24) is 0 Å². The SMILES string of the molecule is CCCCCCCC(=O)OC[C@H](COP(=O)(O)O)OC(=O)CCCCCCC/C=C\C=C\C(=O)CCCCC. The highest BCUT2D eigenvalue weighted by atomic mass is 31.2. The van der Waals surface area contributed by atoms with Crippen molar-refractivity contribution in [3.05, 3.63) is 24.3 Å². The van der Waals surface area contributed by atoms with Crippen molar-refractivity contribution in [3.8, 4) is 0 Å². The van der Waals surface area contributed by atoms with Crippen molar-refractivity contribution in [1.29, 1.82) is 0 Å². The van der Waals surface area contributed by atoms with Crippen LogP contribution in [0.3, 0.4) is 0 Å². The molecule has 10 heteroatoms. The van der Waals surface area contributed by atoms with Crippen LogP contribution in [0.5, 0.6) is 0 Å². The molecule has 0 radical (unpaired) electrons. The van der Waals surface area contributed by atoms with Crippen LogP contribution in [-0.2, 0) is 32.9 Å². The van der Waals surface area contributed by atoms with E-state index in [0.29, 0.717) is 19.3 Å². The third kappa shape index (κ3) is 27.6. The monoisotopic (exact) mass is 574 g/mol. The topological polar surface area (TPSA) is 136 Å². The van der Waals surface area contributed by atoms with Crippen LogP contribution < -0.4 is 0 Å². The van der Waals surface area contributed by atoms with Gasteiger partial charge in [-0.1, -0.05) is 89.9 Å². The molecule has 0 aromatic rings. The number of ketones is 1. The van der Waals surface area contributed by atoms with E-state index in [4.69, 9.17) is 19.3 Å². The molecule has 0 saturated heterocycles. The van der Waals surface area contributed by atoms with Gasteiger partial charge in [-0.05, 0) is 38.2 Å². The summed E-state index contributed by atoms with van der Waals surface area (Å²) in [5.41, 5.74) is 0. The lowest BCUT2D eigenvalue weighted by molar-refractivity contribution is -0.161. The molecule has 9 nitrogen and oxygen atoms in total. The number of esters is 2. The fourth-order valence-corrected chi connectivity index (χ4v) is 4.06. The van der Waals surface area contributed by atoms with Gasteiger partial charge in [0.1, 0.15) is 6.61 Å². The second-order valence-corrected chi connectivity index (χ2v) is 11.0. The van der Waals surface area contributed by atoms with Crippen molar-refractivity contribution < 1.29 is 42.7 Å². The molecule has 1 atom stereocenters.